The Kier molecular flexibility index (Phi) is 5.56. The summed E-state index contributed by atoms with van der Waals surface area (Å²) in [6, 6.07) is 0. The van der Waals surface area contributed by atoms with Crippen molar-refractivity contribution in [3.63, 3.8) is 0 Å². The Morgan fingerprint density at radius 1 is 1.33 bits per heavy atom. The molecule has 0 saturated carbocycles. The Balaban J connectivity index is 1.57. The molecule has 0 radical (unpaired) electrons. The molecule has 102 valence electrons. The van der Waals surface area contributed by atoms with Crippen LogP contribution in [0.1, 0.15) is 22.0 Å². The number of ether oxygens (including phenoxy) is 1. The first-order valence-corrected chi connectivity index (χ1v) is 7.51. The summed E-state index contributed by atoms with van der Waals surface area (Å²) >= 11 is 1.80. The van der Waals surface area contributed by atoms with Crippen molar-refractivity contribution in [3.8, 4) is 0 Å². The summed E-state index contributed by atoms with van der Waals surface area (Å²) in [5.41, 5.74) is 1.18. The van der Waals surface area contributed by atoms with Crippen LogP contribution in [0.2, 0.25) is 0 Å². The molecule has 1 saturated heterocycles. The average molecular weight is 269 g/mol. The zero-order valence-electron chi connectivity index (χ0n) is 11.4. The topological polar surface area (TPSA) is 37.4 Å². The van der Waals surface area contributed by atoms with Crippen LogP contribution in [0.4, 0.5) is 0 Å². The van der Waals surface area contributed by atoms with E-state index in [9.17, 15) is 0 Å². The summed E-state index contributed by atoms with van der Waals surface area (Å²) in [6.07, 6.45) is 1.21. The molecule has 1 aromatic rings. The average Bonchev–Trinajstić information content (AvgIpc) is 2.69. The highest BCUT2D eigenvalue weighted by molar-refractivity contribution is 7.11. The Hall–Kier alpha value is -0.490. The van der Waals surface area contributed by atoms with E-state index in [-0.39, 0.29) is 0 Å². The first-order valence-electron chi connectivity index (χ1n) is 6.69. The van der Waals surface area contributed by atoms with E-state index in [1.54, 1.807) is 11.3 Å². The summed E-state index contributed by atoms with van der Waals surface area (Å²) in [4.78, 5) is 8.29. The van der Waals surface area contributed by atoms with Gasteiger partial charge in [0.15, 0.2) is 0 Å². The van der Waals surface area contributed by atoms with Crippen LogP contribution in [-0.2, 0) is 11.3 Å². The molecular formula is C13H23N3OS. The molecule has 0 aliphatic carbocycles. The van der Waals surface area contributed by atoms with Crippen LogP contribution in [0.5, 0.6) is 0 Å². The number of morpholine rings is 1. The molecule has 2 heterocycles. The minimum atomic E-state index is 0.896. The van der Waals surface area contributed by atoms with E-state index >= 15 is 0 Å². The lowest BCUT2D eigenvalue weighted by Crippen LogP contribution is -2.37. The Bertz CT molecular complexity index is 361. The van der Waals surface area contributed by atoms with Gasteiger partial charge in [0.1, 0.15) is 0 Å². The van der Waals surface area contributed by atoms with Crippen molar-refractivity contribution >= 4 is 11.3 Å². The predicted octanol–water partition coefficient (Wildman–Crippen LogP) is 1.57. The summed E-state index contributed by atoms with van der Waals surface area (Å²) in [5, 5.41) is 4.67. The van der Waals surface area contributed by atoms with Crippen LogP contribution >= 0.6 is 11.3 Å². The van der Waals surface area contributed by atoms with Crippen molar-refractivity contribution in [1.29, 1.82) is 0 Å². The summed E-state index contributed by atoms with van der Waals surface area (Å²) in [7, 11) is 0. The molecule has 0 atom stereocenters. The summed E-state index contributed by atoms with van der Waals surface area (Å²) < 4.78 is 5.34. The number of rotatable bonds is 6. The molecule has 0 amide bonds. The third-order valence-electron chi connectivity index (χ3n) is 3.22. The van der Waals surface area contributed by atoms with Gasteiger partial charge in [-0.3, -0.25) is 4.90 Å². The lowest BCUT2D eigenvalue weighted by Gasteiger charge is -2.26. The molecule has 0 aromatic carbocycles. The quantitative estimate of drug-likeness (QED) is 0.796. The van der Waals surface area contributed by atoms with Crippen molar-refractivity contribution in [3.05, 3.63) is 15.6 Å². The monoisotopic (exact) mass is 269 g/mol. The molecular weight excluding hydrogens is 246 g/mol. The smallest absolute Gasteiger partial charge is 0.0900 e. The standard InChI is InChI=1S/C13H23N3OS/c1-11-13(18-12(2)15-11)10-14-4-3-5-16-6-8-17-9-7-16/h14H,3-10H2,1-2H3. The highest BCUT2D eigenvalue weighted by Gasteiger charge is 2.09. The fourth-order valence-corrected chi connectivity index (χ4v) is 3.10. The van der Waals surface area contributed by atoms with Gasteiger partial charge >= 0.3 is 0 Å². The van der Waals surface area contributed by atoms with Crippen LogP contribution in [0.15, 0.2) is 0 Å². The van der Waals surface area contributed by atoms with Crippen molar-refractivity contribution in [1.82, 2.24) is 15.2 Å². The van der Waals surface area contributed by atoms with Crippen LogP contribution in [0.3, 0.4) is 0 Å². The van der Waals surface area contributed by atoms with Gasteiger partial charge in [-0.1, -0.05) is 0 Å². The summed E-state index contributed by atoms with van der Waals surface area (Å²) in [6.45, 7) is 11.3. The van der Waals surface area contributed by atoms with Gasteiger partial charge < -0.3 is 10.1 Å². The van der Waals surface area contributed by atoms with E-state index in [0.717, 1.165) is 44.4 Å². The van der Waals surface area contributed by atoms with Gasteiger partial charge in [-0.05, 0) is 33.4 Å². The van der Waals surface area contributed by atoms with Gasteiger partial charge in [0.25, 0.3) is 0 Å². The fraction of sp³-hybridized carbons (Fsp3) is 0.769. The third kappa shape index (κ3) is 4.31. The van der Waals surface area contributed by atoms with Crippen molar-refractivity contribution < 1.29 is 4.74 Å². The fourth-order valence-electron chi connectivity index (χ4n) is 2.19. The molecule has 5 heteroatoms. The van der Waals surface area contributed by atoms with E-state index in [2.05, 4.69) is 29.0 Å². The highest BCUT2D eigenvalue weighted by Crippen LogP contribution is 2.16. The number of nitrogens with one attached hydrogen (secondary N) is 1. The third-order valence-corrected chi connectivity index (χ3v) is 4.29. The second-order valence-corrected chi connectivity index (χ2v) is 6.01. The molecule has 0 unspecified atom stereocenters. The highest BCUT2D eigenvalue weighted by atomic mass is 32.1. The number of hydrogen-bond donors (Lipinski definition) is 1. The van der Waals surface area contributed by atoms with Gasteiger partial charge in [0, 0.05) is 24.5 Å². The predicted molar refractivity (Wildman–Crippen MR) is 75.2 cm³/mol. The van der Waals surface area contributed by atoms with Crippen LogP contribution in [0.25, 0.3) is 0 Å². The Morgan fingerprint density at radius 2 is 2.11 bits per heavy atom. The van der Waals surface area contributed by atoms with Gasteiger partial charge in [0.05, 0.1) is 23.9 Å². The van der Waals surface area contributed by atoms with Crippen LogP contribution in [-0.4, -0.2) is 49.3 Å². The molecule has 4 nitrogen and oxygen atoms in total. The lowest BCUT2D eigenvalue weighted by molar-refractivity contribution is 0.0374. The minimum Gasteiger partial charge on any atom is -0.379 e. The molecule has 1 aromatic heterocycles. The minimum absolute atomic E-state index is 0.896. The lowest BCUT2D eigenvalue weighted by atomic mass is 10.3. The largest absolute Gasteiger partial charge is 0.379 e. The van der Waals surface area contributed by atoms with E-state index in [1.807, 2.05) is 0 Å². The summed E-state index contributed by atoms with van der Waals surface area (Å²) in [5.74, 6) is 0. The van der Waals surface area contributed by atoms with Crippen LogP contribution in [0, 0.1) is 13.8 Å². The van der Waals surface area contributed by atoms with Gasteiger partial charge in [-0.25, -0.2) is 4.98 Å². The second kappa shape index (κ2) is 7.19. The first-order chi connectivity index (χ1) is 8.75. The van der Waals surface area contributed by atoms with Crippen LogP contribution < -0.4 is 5.32 Å². The van der Waals surface area contributed by atoms with Gasteiger partial charge in [-0.2, -0.15) is 0 Å². The number of aryl methyl sites for hydroxylation is 2. The Labute approximate surface area is 113 Å². The number of nitrogens with zero attached hydrogens (tertiary/aromatic N) is 2. The normalized spacial score (nSPS) is 17.2. The molecule has 1 aliphatic rings. The van der Waals surface area contributed by atoms with Crippen molar-refractivity contribution in [2.45, 2.75) is 26.8 Å². The second-order valence-electron chi connectivity index (χ2n) is 4.73. The molecule has 0 spiro atoms. The number of aromatic nitrogens is 1. The van der Waals surface area contributed by atoms with E-state index < -0.39 is 0 Å². The SMILES string of the molecule is Cc1nc(C)c(CNCCCN2CCOCC2)s1. The van der Waals surface area contributed by atoms with E-state index in [0.29, 0.717) is 0 Å². The van der Waals surface area contributed by atoms with Crippen molar-refractivity contribution in [2.75, 3.05) is 39.4 Å². The molecule has 1 aliphatic heterocycles. The van der Waals surface area contributed by atoms with E-state index in [4.69, 9.17) is 4.74 Å². The number of thiazole rings is 1. The Morgan fingerprint density at radius 3 is 2.78 bits per heavy atom. The number of hydrogen-bond acceptors (Lipinski definition) is 5. The zero-order chi connectivity index (χ0) is 12.8. The first kappa shape index (κ1) is 13.9. The molecule has 18 heavy (non-hydrogen) atoms. The molecule has 0 bridgehead atoms. The van der Waals surface area contributed by atoms with E-state index in [1.165, 1.54) is 23.5 Å². The molecule has 2 rings (SSSR count). The van der Waals surface area contributed by atoms with Gasteiger partial charge in [-0.15, -0.1) is 11.3 Å². The maximum absolute atomic E-state index is 5.34. The van der Waals surface area contributed by atoms with Crippen molar-refractivity contribution in [2.24, 2.45) is 0 Å². The van der Waals surface area contributed by atoms with Gasteiger partial charge in [0.2, 0.25) is 0 Å². The zero-order valence-corrected chi connectivity index (χ0v) is 12.2. The maximum Gasteiger partial charge on any atom is 0.0900 e. The molecule has 1 fully saturated rings. The molecule has 1 N–H and O–H groups in total. The maximum atomic E-state index is 5.34.